The summed E-state index contributed by atoms with van der Waals surface area (Å²) in [7, 11) is 0. The normalized spacial score (nSPS) is 10.2. The van der Waals surface area contributed by atoms with E-state index >= 15 is 0 Å². The molecular formula is C26H26N2O5. The van der Waals surface area contributed by atoms with Gasteiger partial charge in [0.2, 0.25) is 5.91 Å². The molecule has 2 N–H and O–H groups in total. The van der Waals surface area contributed by atoms with E-state index in [1.165, 1.54) is 12.1 Å². The second kappa shape index (κ2) is 11.5. The van der Waals surface area contributed by atoms with Gasteiger partial charge < -0.3 is 20.1 Å². The number of nitrogens with one attached hydrogen (secondary N) is 2. The highest BCUT2D eigenvalue weighted by Gasteiger charge is 2.10. The predicted molar refractivity (Wildman–Crippen MR) is 125 cm³/mol. The van der Waals surface area contributed by atoms with Crippen molar-refractivity contribution in [3.63, 3.8) is 0 Å². The van der Waals surface area contributed by atoms with Gasteiger partial charge in [-0.3, -0.25) is 9.59 Å². The van der Waals surface area contributed by atoms with E-state index in [0.29, 0.717) is 24.2 Å². The van der Waals surface area contributed by atoms with Crippen molar-refractivity contribution in [2.75, 3.05) is 11.9 Å². The van der Waals surface area contributed by atoms with Crippen molar-refractivity contribution in [3.8, 4) is 5.75 Å². The van der Waals surface area contributed by atoms with Crippen LogP contribution in [-0.2, 0) is 22.5 Å². The molecule has 2 amide bonds. The molecule has 0 bridgehead atoms. The Labute approximate surface area is 192 Å². The third kappa shape index (κ3) is 7.50. The molecule has 0 spiro atoms. The molecule has 170 valence electrons. The number of carbonyl (C=O) groups excluding carboxylic acids is 3. The highest BCUT2D eigenvalue weighted by molar-refractivity contribution is 6.04. The topological polar surface area (TPSA) is 93.7 Å². The molecule has 33 heavy (non-hydrogen) atoms. The maximum atomic E-state index is 12.5. The average Bonchev–Trinajstić information content (AvgIpc) is 2.80. The van der Waals surface area contributed by atoms with E-state index in [4.69, 9.17) is 9.47 Å². The molecule has 3 aromatic carbocycles. The van der Waals surface area contributed by atoms with Crippen molar-refractivity contribution in [1.29, 1.82) is 0 Å². The third-order valence-corrected chi connectivity index (χ3v) is 4.74. The number of benzene rings is 3. The van der Waals surface area contributed by atoms with Crippen molar-refractivity contribution in [1.82, 2.24) is 5.32 Å². The minimum atomic E-state index is -0.794. The lowest BCUT2D eigenvalue weighted by Gasteiger charge is -2.10. The van der Waals surface area contributed by atoms with Crippen molar-refractivity contribution in [2.45, 2.75) is 26.8 Å². The molecule has 0 saturated carbocycles. The summed E-state index contributed by atoms with van der Waals surface area (Å²) in [5.74, 6) is -0.0926. The molecular weight excluding hydrogens is 420 g/mol. The smallest absolute Gasteiger partial charge is 0.434 e. The summed E-state index contributed by atoms with van der Waals surface area (Å²) < 4.78 is 9.70. The lowest BCUT2D eigenvalue weighted by atomic mass is 10.1. The van der Waals surface area contributed by atoms with Crippen LogP contribution in [0, 0.1) is 6.92 Å². The van der Waals surface area contributed by atoms with Crippen LogP contribution >= 0.6 is 0 Å². The van der Waals surface area contributed by atoms with E-state index in [0.717, 1.165) is 16.7 Å². The predicted octanol–water partition coefficient (Wildman–Crippen LogP) is 4.64. The molecule has 0 aliphatic carbocycles. The number of anilines is 1. The summed E-state index contributed by atoms with van der Waals surface area (Å²) in [6.45, 7) is 4.26. The molecule has 0 aliphatic heterocycles. The molecule has 0 aliphatic rings. The largest absolute Gasteiger partial charge is 0.513 e. The number of ether oxygens (including phenoxy) is 2. The zero-order valence-electron chi connectivity index (χ0n) is 18.6. The van der Waals surface area contributed by atoms with Crippen LogP contribution in [0.15, 0.2) is 72.8 Å². The highest BCUT2D eigenvalue weighted by Crippen LogP contribution is 2.16. The van der Waals surface area contributed by atoms with Crippen LogP contribution < -0.4 is 15.4 Å². The number of carbonyl (C=O) groups is 3. The van der Waals surface area contributed by atoms with Crippen molar-refractivity contribution < 1.29 is 23.9 Å². The Kier molecular flexibility index (Phi) is 8.18. The number of aryl methyl sites for hydroxylation is 1. The van der Waals surface area contributed by atoms with Crippen molar-refractivity contribution in [2.24, 2.45) is 0 Å². The van der Waals surface area contributed by atoms with Crippen LogP contribution in [-0.4, -0.2) is 24.6 Å². The fraction of sp³-hybridized carbons (Fsp3) is 0.192. The molecule has 0 aromatic heterocycles. The Balaban J connectivity index is 1.52. The lowest BCUT2D eigenvalue weighted by molar-refractivity contribution is -0.120. The quantitative estimate of drug-likeness (QED) is 0.388. The minimum absolute atomic E-state index is 0.0709. The first-order valence-corrected chi connectivity index (χ1v) is 10.6. The van der Waals surface area contributed by atoms with Gasteiger partial charge in [-0.2, -0.15) is 0 Å². The first-order chi connectivity index (χ1) is 15.9. The second-order valence-electron chi connectivity index (χ2n) is 7.40. The summed E-state index contributed by atoms with van der Waals surface area (Å²) in [5.41, 5.74) is 3.99. The SMILES string of the molecule is CCOC(=O)Oc1ccc(C(=O)Nc2cccc(CNC(=O)Cc3ccc(C)cc3)c2)cc1. The monoisotopic (exact) mass is 446 g/mol. The van der Waals surface area contributed by atoms with E-state index in [-0.39, 0.29) is 24.2 Å². The Morgan fingerprint density at radius 2 is 1.61 bits per heavy atom. The molecule has 7 heteroatoms. The highest BCUT2D eigenvalue weighted by atomic mass is 16.7. The van der Waals surface area contributed by atoms with E-state index in [1.807, 2.05) is 49.4 Å². The lowest BCUT2D eigenvalue weighted by Crippen LogP contribution is -2.24. The van der Waals surface area contributed by atoms with Gasteiger partial charge >= 0.3 is 6.16 Å². The maximum Gasteiger partial charge on any atom is 0.513 e. The molecule has 0 unspecified atom stereocenters. The van der Waals surface area contributed by atoms with Crippen LogP contribution in [0.25, 0.3) is 0 Å². The Bertz CT molecular complexity index is 1110. The molecule has 0 heterocycles. The van der Waals surface area contributed by atoms with E-state index in [2.05, 4.69) is 10.6 Å². The molecule has 7 nitrogen and oxygen atoms in total. The molecule has 3 aromatic rings. The van der Waals surface area contributed by atoms with Gasteiger partial charge in [0, 0.05) is 17.8 Å². The molecule has 3 rings (SSSR count). The van der Waals surface area contributed by atoms with Crippen molar-refractivity contribution >= 4 is 23.7 Å². The fourth-order valence-electron chi connectivity index (χ4n) is 3.03. The van der Waals surface area contributed by atoms with E-state index < -0.39 is 6.16 Å². The molecule has 0 fully saturated rings. The third-order valence-electron chi connectivity index (χ3n) is 4.74. The number of hydrogen-bond donors (Lipinski definition) is 2. The molecule has 0 radical (unpaired) electrons. The average molecular weight is 447 g/mol. The summed E-state index contributed by atoms with van der Waals surface area (Å²) >= 11 is 0. The van der Waals surface area contributed by atoms with Crippen molar-refractivity contribution in [3.05, 3.63) is 95.1 Å². The van der Waals surface area contributed by atoms with Gasteiger partial charge in [0.15, 0.2) is 0 Å². The van der Waals surface area contributed by atoms with Gasteiger partial charge in [0.1, 0.15) is 5.75 Å². The van der Waals surface area contributed by atoms with Gasteiger partial charge in [-0.05, 0) is 61.4 Å². The van der Waals surface area contributed by atoms with Gasteiger partial charge in [0.05, 0.1) is 13.0 Å². The van der Waals surface area contributed by atoms with Crippen LogP contribution in [0.5, 0.6) is 5.75 Å². The molecule has 0 atom stereocenters. The van der Waals surface area contributed by atoms with Gasteiger partial charge in [-0.15, -0.1) is 0 Å². The second-order valence-corrected chi connectivity index (χ2v) is 7.40. The Morgan fingerprint density at radius 1 is 0.879 bits per heavy atom. The van der Waals surface area contributed by atoms with Gasteiger partial charge in [-0.1, -0.05) is 42.0 Å². The number of hydrogen-bond acceptors (Lipinski definition) is 5. The van der Waals surface area contributed by atoms with Crippen LogP contribution in [0.2, 0.25) is 0 Å². The van der Waals surface area contributed by atoms with E-state index in [9.17, 15) is 14.4 Å². The van der Waals surface area contributed by atoms with Crippen LogP contribution in [0.3, 0.4) is 0 Å². The number of rotatable bonds is 8. The summed E-state index contributed by atoms with van der Waals surface area (Å²) in [4.78, 5) is 36.1. The van der Waals surface area contributed by atoms with Gasteiger partial charge in [-0.25, -0.2) is 4.79 Å². The van der Waals surface area contributed by atoms with Crippen LogP contribution in [0.4, 0.5) is 10.5 Å². The number of amides is 2. The Morgan fingerprint density at radius 3 is 2.30 bits per heavy atom. The summed E-state index contributed by atoms with van der Waals surface area (Å²) in [6, 6.07) is 21.3. The van der Waals surface area contributed by atoms with Crippen LogP contribution in [0.1, 0.15) is 34.0 Å². The zero-order valence-corrected chi connectivity index (χ0v) is 18.6. The Hall–Kier alpha value is -4.13. The standard InChI is InChI=1S/C26H26N2O5/c1-3-32-26(31)33-23-13-11-21(12-14-23)25(30)28-22-6-4-5-20(15-22)17-27-24(29)16-19-9-7-18(2)8-10-19/h4-15H,3,16-17H2,1-2H3,(H,27,29)(H,28,30). The summed E-state index contributed by atoms with van der Waals surface area (Å²) in [6.07, 6.45) is -0.482. The van der Waals surface area contributed by atoms with E-state index in [1.54, 1.807) is 25.1 Å². The minimum Gasteiger partial charge on any atom is -0.434 e. The maximum absolute atomic E-state index is 12.5. The van der Waals surface area contributed by atoms with Gasteiger partial charge in [0.25, 0.3) is 5.91 Å². The zero-order chi connectivity index (χ0) is 23.6. The fourth-order valence-corrected chi connectivity index (χ4v) is 3.03. The first-order valence-electron chi connectivity index (χ1n) is 10.6. The molecule has 0 saturated heterocycles. The summed E-state index contributed by atoms with van der Waals surface area (Å²) in [5, 5.41) is 5.73. The first kappa shape index (κ1) is 23.5.